The van der Waals surface area contributed by atoms with Crippen LogP contribution < -0.4 is 5.32 Å². The molecule has 0 bridgehead atoms. The molecule has 0 spiro atoms. The summed E-state index contributed by atoms with van der Waals surface area (Å²) in [4.78, 5) is 19.8. The highest BCUT2D eigenvalue weighted by atomic mass is 16.1. The Hall–Kier alpha value is -2.10. The van der Waals surface area contributed by atoms with Crippen LogP contribution in [0.3, 0.4) is 0 Å². The van der Waals surface area contributed by atoms with Crippen molar-refractivity contribution in [1.82, 2.24) is 15.3 Å². The number of aromatic nitrogens is 2. The summed E-state index contributed by atoms with van der Waals surface area (Å²) in [6.45, 7) is 1.96. The number of fused-ring (bicyclic) bond motifs is 1. The Kier molecular flexibility index (Phi) is 3.54. The van der Waals surface area contributed by atoms with Gasteiger partial charge in [-0.1, -0.05) is 24.3 Å². The van der Waals surface area contributed by atoms with E-state index in [-0.39, 0.29) is 11.9 Å². The van der Waals surface area contributed by atoms with Gasteiger partial charge in [0.2, 0.25) is 5.91 Å². The number of benzene rings is 1. The van der Waals surface area contributed by atoms with Crippen LogP contribution in [0.1, 0.15) is 38.1 Å². The fraction of sp³-hybridized carbons (Fsp3) is 0.375. The minimum absolute atomic E-state index is 0.0921. The fourth-order valence-electron chi connectivity index (χ4n) is 2.65. The van der Waals surface area contributed by atoms with Crippen molar-refractivity contribution in [2.24, 2.45) is 5.92 Å². The van der Waals surface area contributed by atoms with Crippen LogP contribution in [-0.2, 0) is 4.79 Å². The number of amides is 1. The van der Waals surface area contributed by atoms with E-state index in [0.29, 0.717) is 12.3 Å². The van der Waals surface area contributed by atoms with Gasteiger partial charge in [0.25, 0.3) is 0 Å². The zero-order valence-corrected chi connectivity index (χ0v) is 11.6. The molecule has 0 saturated carbocycles. The van der Waals surface area contributed by atoms with Crippen molar-refractivity contribution < 1.29 is 4.79 Å². The van der Waals surface area contributed by atoms with E-state index in [1.807, 2.05) is 31.2 Å². The van der Waals surface area contributed by atoms with E-state index in [1.54, 1.807) is 0 Å². The van der Waals surface area contributed by atoms with E-state index in [2.05, 4.69) is 27.4 Å². The van der Waals surface area contributed by atoms with Gasteiger partial charge in [-0.05, 0) is 37.8 Å². The zero-order valence-electron chi connectivity index (χ0n) is 11.6. The fourth-order valence-corrected chi connectivity index (χ4v) is 2.65. The summed E-state index contributed by atoms with van der Waals surface area (Å²) in [5.41, 5.74) is 1.93. The molecule has 0 aliphatic heterocycles. The number of hydrogen-bond donors (Lipinski definition) is 2. The second-order valence-corrected chi connectivity index (χ2v) is 5.40. The molecule has 2 aromatic rings. The Morgan fingerprint density at radius 1 is 1.50 bits per heavy atom. The average Bonchev–Trinajstić information content (AvgIpc) is 3.06. The first-order valence-electron chi connectivity index (χ1n) is 7.13. The SMILES string of the molecule is C[C@H](NC(=O)C[C@H]1C=CCC1)c1nc2ccccc2[nH]1. The summed E-state index contributed by atoms with van der Waals surface area (Å²) < 4.78 is 0. The number of carbonyl (C=O) groups is 1. The molecule has 1 aliphatic carbocycles. The number of nitrogens with one attached hydrogen (secondary N) is 2. The lowest BCUT2D eigenvalue weighted by Crippen LogP contribution is -2.28. The average molecular weight is 269 g/mol. The van der Waals surface area contributed by atoms with Crippen molar-refractivity contribution in [2.45, 2.75) is 32.2 Å². The molecule has 0 saturated heterocycles. The molecule has 3 rings (SSSR count). The van der Waals surface area contributed by atoms with Crippen LogP contribution in [0.2, 0.25) is 0 Å². The van der Waals surface area contributed by atoms with E-state index in [9.17, 15) is 4.79 Å². The Morgan fingerprint density at radius 2 is 2.35 bits per heavy atom. The number of allylic oxidation sites excluding steroid dienone is 2. The minimum Gasteiger partial charge on any atom is -0.346 e. The molecule has 4 heteroatoms. The molecule has 1 aromatic carbocycles. The number of nitrogens with zero attached hydrogens (tertiary/aromatic N) is 1. The molecule has 1 amide bonds. The molecule has 20 heavy (non-hydrogen) atoms. The topological polar surface area (TPSA) is 57.8 Å². The summed E-state index contributed by atoms with van der Waals surface area (Å²) in [5, 5.41) is 3.02. The van der Waals surface area contributed by atoms with Crippen molar-refractivity contribution in [3.63, 3.8) is 0 Å². The van der Waals surface area contributed by atoms with Crippen LogP contribution in [0.4, 0.5) is 0 Å². The third kappa shape index (κ3) is 2.74. The van der Waals surface area contributed by atoms with Crippen LogP contribution in [0, 0.1) is 5.92 Å². The highest BCUT2D eigenvalue weighted by molar-refractivity contribution is 5.77. The van der Waals surface area contributed by atoms with Gasteiger partial charge in [0.15, 0.2) is 0 Å². The number of carbonyl (C=O) groups excluding carboxylic acids is 1. The van der Waals surface area contributed by atoms with Gasteiger partial charge in [0, 0.05) is 6.42 Å². The summed E-state index contributed by atoms with van der Waals surface area (Å²) in [6.07, 6.45) is 7.05. The van der Waals surface area contributed by atoms with Crippen LogP contribution in [0.25, 0.3) is 11.0 Å². The van der Waals surface area contributed by atoms with Crippen LogP contribution in [0.5, 0.6) is 0 Å². The number of hydrogen-bond acceptors (Lipinski definition) is 2. The molecule has 4 nitrogen and oxygen atoms in total. The largest absolute Gasteiger partial charge is 0.346 e. The van der Waals surface area contributed by atoms with E-state index in [4.69, 9.17) is 0 Å². The summed E-state index contributed by atoms with van der Waals surface area (Å²) in [5.74, 6) is 1.30. The first-order valence-corrected chi connectivity index (χ1v) is 7.13. The number of H-pyrrole nitrogens is 1. The number of aromatic amines is 1. The Morgan fingerprint density at radius 3 is 3.10 bits per heavy atom. The van der Waals surface area contributed by atoms with Crippen molar-refractivity contribution in [3.8, 4) is 0 Å². The molecule has 0 fully saturated rings. The number of para-hydroxylation sites is 2. The van der Waals surface area contributed by atoms with E-state index in [1.165, 1.54) is 0 Å². The van der Waals surface area contributed by atoms with Crippen molar-refractivity contribution in [2.75, 3.05) is 0 Å². The van der Waals surface area contributed by atoms with Crippen LogP contribution in [0.15, 0.2) is 36.4 Å². The predicted molar refractivity (Wildman–Crippen MR) is 79.1 cm³/mol. The Bertz CT molecular complexity index is 611. The summed E-state index contributed by atoms with van der Waals surface area (Å²) in [6, 6.07) is 7.79. The van der Waals surface area contributed by atoms with Gasteiger partial charge in [-0.25, -0.2) is 4.98 Å². The second-order valence-electron chi connectivity index (χ2n) is 5.40. The van der Waals surface area contributed by atoms with E-state index >= 15 is 0 Å². The Labute approximate surface area is 118 Å². The molecule has 0 radical (unpaired) electrons. The van der Waals surface area contributed by atoms with Gasteiger partial charge >= 0.3 is 0 Å². The van der Waals surface area contributed by atoms with Crippen molar-refractivity contribution in [1.29, 1.82) is 0 Å². The molecule has 2 N–H and O–H groups in total. The summed E-state index contributed by atoms with van der Waals surface area (Å²) in [7, 11) is 0. The Balaban J connectivity index is 1.64. The molecule has 1 heterocycles. The second kappa shape index (κ2) is 5.49. The maximum Gasteiger partial charge on any atom is 0.221 e. The minimum atomic E-state index is -0.0970. The third-order valence-electron chi connectivity index (χ3n) is 3.76. The standard InChI is InChI=1S/C16H19N3O/c1-11(17-15(20)10-12-6-2-3-7-12)16-18-13-8-4-5-9-14(13)19-16/h2,4-6,8-9,11-12H,3,7,10H2,1H3,(H,17,20)(H,18,19)/t11-,12-/m0/s1. The maximum atomic E-state index is 12.0. The molecule has 0 unspecified atom stereocenters. The highest BCUT2D eigenvalue weighted by Gasteiger charge is 2.17. The molecular formula is C16H19N3O. The monoisotopic (exact) mass is 269 g/mol. The first-order chi connectivity index (χ1) is 9.72. The molecule has 2 atom stereocenters. The van der Waals surface area contributed by atoms with E-state index < -0.39 is 0 Å². The van der Waals surface area contributed by atoms with Gasteiger partial charge in [0.05, 0.1) is 17.1 Å². The van der Waals surface area contributed by atoms with Gasteiger partial charge in [0.1, 0.15) is 5.82 Å². The molecule has 104 valence electrons. The van der Waals surface area contributed by atoms with Crippen molar-refractivity contribution in [3.05, 3.63) is 42.2 Å². The molecule has 1 aromatic heterocycles. The highest BCUT2D eigenvalue weighted by Crippen LogP contribution is 2.21. The lowest BCUT2D eigenvalue weighted by Gasteiger charge is -2.13. The van der Waals surface area contributed by atoms with E-state index in [0.717, 1.165) is 29.7 Å². The predicted octanol–water partition coefficient (Wildman–Crippen LogP) is 3.10. The van der Waals surface area contributed by atoms with Gasteiger partial charge in [-0.2, -0.15) is 0 Å². The number of imidazole rings is 1. The smallest absolute Gasteiger partial charge is 0.221 e. The summed E-state index contributed by atoms with van der Waals surface area (Å²) >= 11 is 0. The normalized spacial score (nSPS) is 19.4. The quantitative estimate of drug-likeness (QED) is 0.838. The van der Waals surface area contributed by atoms with Gasteiger partial charge < -0.3 is 10.3 Å². The maximum absolute atomic E-state index is 12.0. The first kappa shape index (κ1) is 12.9. The van der Waals surface area contributed by atoms with Crippen molar-refractivity contribution >= 4 is 16.9 Å². The molecular weight excluding hydrogens is 250 g/mol. The molecule has 1 aliphatic rings. The third-order valence-corrected chi connectivity index (χ3v) is 3.76. The van der Waals surface area contributed by atoms with Gasteiger partial charge in [-0.3, -0.25) is 4.79 Å². The lowest BCUT2D eigenvalue weighted by atomic mass is 10.0. The van der Waals surface area contributed by atoms with Crippen LogP contribution >= 0.6 is 0 Å². The number of rotatable bonds is 4. The van der Waals surface area contributed by atoms with Crippen LogP contribution in [-0.4, -0.2) is 15.9 Å². The lowest BCUT2D eigenvalue weighted by molar-refractivity contribution is -0.122. The van der Waals surface area contributed by atoms with Gasteiger partial charge in [-0.15, -0.1) is 0 Å². The zero-order chi connectivity index (χ0) is 13.9.